The maximum absolute atomic E-state index is 11.4. The second-order valence-corrected chi connectivity index (χ2v) is 14.3. The van der Waals surface area contributed by atoms with Crippen molar-refractivity contribution >= 4 is 21.5 Å². The maximum atomic E-state index is 11.4. The molecule has 0 aromatic heterocycles. The summed E-state index contributed by atoms with van der Waals surface area (Å²) in [6.45, 7) is 0.999. The molecule has 0 spiro atoms. The van der Waals surface area contributed by atoms with Crippen LogP contribution in [0, 0.1) is 0 Å². The van der Waals surface area contributed by atoms with E-state index in [0.717, 1.165) is 54.9 Å². The van der Waals surface area contributed by atoms with Crippen LogP contribution >= 0.6 is 0 Å². The van der Waals surface area contributed by atoms with E-state index in [1.807, 2.05) is 158 Å². The van der Waals surface area contributed by atoms with Gasteiger partial charge in [0.05, 0.1) is 24.3 Å². The number of hydrogen-bond acceptors (Lipinski definition) is 6. The van der Waals surface area contributed by atoms with Gasteiger partial charge in [0, 0.05) is 24.2 Å². The first-order valence-corrected chi connectivity index (χ1v) is 19.0. The topological polar surface area (TPSA) is 105 Å². The molecule has 8 rings (SSSR count). The van der Waals surface area contributed by atoms with Gasteiger partial charge in [-0.1, -0.05) is 158 Å². The predicted molar refractivity (Wildman–Crippen MR) is 225 cm³/mol. The average Bonchev–Trinajstić information content (AvgIpc) is 3.25. The minimum absolute atomic E-state index is 0.0765. The second-order valence-electron chi connectivity index (χ2n) is 14.3. The Morgan fingerprint density at radius 2 is 0.714 bits per heavy atom. The number of hydrogen-bond donors (Lipinski definition) is 6. The standard InChI is InChI=1S/C50H44N2O4/c53-43-27-23-39-29-33(31-51-47(35-13-5-1-6-14-35)49(55)37-17-9-3-10-18-37)21-25-41(39)45(43)46-42-26-22-34(30-40(42)24-28-44(46)54)32-52-48(36-15-7-2-8-16-36)50(56)38-19-11-4-12-20-38/h1-30,47-56H,31-32H2/t47-,48-,49+,50+/m0/s1. The number of phenols is 2. The Hall–Kier alpha value is -6.28. The second kappa shape index (κ2) is 16.6. The number of aliphatic hydroxyl groups is 2. The normalized spacial score (nSPS) is 13.7. The first-order valence-electron chi connectivity index (χ1n) is 19.0. The molecule has 6 nitrogen and oxygen atoms in total. The van der Waals surface area contributed by atoms with Crippen LogP contribution in [-0.4, -0.2) is 20.4 Å². The highest BCUT2D eigenvalue weighted by atomic mass is 16.3. The van der Waals surface area contributed by atoms with Crippen LogP contribution in [0.3, 0.4) is 0 Å². The van der Waals surface area contributed by atoms with Gasteiger partial charge in [-0.3, -0.25) is 0 Å². The van der Waals surface area contributed by atoms with E-state index in [1.54, 1.807) is 12.1 Å². The van der Waals surface area contributed by atoms with Crippen LogP contribution in [-0.2, 0) is 13.1 Å². The predicted octanol–water partition coefficient (Wildman–Crippen LogP) is 10.2. The first-order chi connectivity index (χ1) is 27.4. The minimum Gasteiger partial charge on any atom is -0.507 e. The fourth-order valence-electron chi connectivity index (χ4n) is 7.77. The van der Waals surface area contributed by atoms with Crippen LogP contribution in [0.1, 0.15) is 57.7 Å². The number of benzene rings is 8. The third-order valence-electron chi connectivity index (χ3n) is 10.7. The molecule has 0 unspecified atom stereocenters. The van der Waals surface area contributed by atoms with Crippen molar-refractivity contribution in [3.05, 3.63) is 215 Å². The zero-order valence-corrected chi connectivity index (χ0v) is 30.8. The molecule has 4 atom stereocenters. The van der Waals surface area contributed by atoms with E-state index >= 15 is 0 Å². The lowest BCUT2D eigenvalue weighted by molar-refractivity contribution is 0.127. The summed E-state index contributed by atoms with van der Waals surface area (Å²) in [7, 11) is 0. The zero-order chi connectivity index (χ0) is 38.4. The van der Waals surface area contributed by atoms with Crippen molar-refractivity contribution in [2.24, 2.45) is 0 Å². The molecular weight excluding hydrogens is 693 g/mol. The van der Waals surface area contributed by atoms with E-state index in [0.29, 0.717) is 24.2 Å². The first kappa shape index (κ1) is 36.7. The van der Waals surface area contributed by atoms with Gasteiger partial charge >= 0.3 is 0 Å². The summed E-state index contributed by atoms with van der Waals surface area (Å²) in [4.78, 5) is 0. The van der Waals surface area contributed by atoms with E-state index in [4.69, 9.17) is 0 Å². The maximum Gasteiger partial charge on any atom is 0.124 e. The van der Waals surface area contributed by atoms with Crippen molar-refractivity contribution in [3.8, 4) is 22.6 Å². The van der Waals surface area contributed by atoms with Crippen LogP contribution in [0.2, 0.25) is 0 Å². The molecule has 8 aromatic rings. The highest BCUT2D eigenvalue weighted by Crippen LogP contribution is 2.45. The third kappa shape index (κ3) is 7.78. The summed E-state index contributed by atoms with van der Waals surface area (Å²) in [6.07, 6.45) is -1.50. The third-order valence-corrected chi connectivity index (χ3v) is 10.7. The number of fused-ring (bicyclic) bond motifs is 2. The van der Waals surface area contributed by atoms with E-state index in [-0.39, 0.29) is 23.6 Å². The molecule has 56 heavy (non-hydrogen) atoms. The molecule has 6 N–H and O–H groups in total. The van der Waals surface area contributed by atoms with Gasteiger partial charge in [-0.25, -0.2) is 0 Å². The van der Waals surface area contributed by atoms with Gasteiger partial charge in [-0.05, 0) is 79.2 Å². The molecule has 6 heteroatoms. The van der Waals surface area contributed by atoms with Crippen molar-refractivity contribution in [3.63, 3.8) is 0 Å². The van der Waals surface area contributed by atoms with Gasteiger partial charge in [-0.15, -0.1) is 0 Å². The monoisotopic (exact) mass is 736 g/mol. The summed E-state index contributed by atoms with van der Waals surface area (Å²) in [5, 5.41) is 56.2. The summed E-state index contributed by atoms with van der Waals surface area (Å²) >= 11 is 0. The van der Waals surface area contributed by atoms with Gasteiger partial charge in [0.2, 0.25) is 0 Å². The van der Waals surface area contributed by atoms with Gasteiger partial charge in [0.25, 0.3) is 0 Å². The van der Waals surface area contributed by atoms with Gasteiger partial charge in [0.15, 0.2) is 0 Å². The number of phenolic OH excluding ortho intramolecular Hbond substituents is 2. The van der Waals surface area contributed by atoms with E-state index in [2.05, 4.69) is 22.8 Å². The molecular formula is C50H44N2O4. The van der Waals surface area contributed by atoms with Crippen molar-refractivity contribution in [1.29, 1.82) is 0 Å². The van der Waals surface area contributed by atoms with Crippen LogP contribution in [0.5, 0.6) is 11.5 Å². The lowest BCUT2D eigenvalue weighted by Crippen LogP contribution is -2.27. The quantitative estimate of drug-likeness (QED) is 0.0704. The molecule has 0 aliphatic heterocycles. The average molecular weight is 737 g/mol. The number of aliphatic hydroxyl groups excluding tert-OH is 2. The molecule has 0 radical (unpaired) electrons. The Bertz CT molecular complexity index is 2370. The van der Waals surface area contributed by atoms with Crippen LogP contribution < -0.4 is 10.6 Å². The van der Waals surface area contributed by atoms with E-state index < -0.39 is 12.2 Å². The Morgan fingerprint density at radius 1 is 0.375 bits per heavy atom. The highest BCUT2D eigenvalue weighted by Gasteiger charge is 2.24. The summed E-state index contributed by atoms with van der Waals surface area (Å²) in [5.74, 6) is 0.153. The van der Waals surface area contributed by atoms with Gasteiger partial charge in [0.1, 0.15) is 11.5 Å². The summed E-state index contributed by atoms with van der Waals surface area (Å²) < 4.78 is 0. The van der Waals surface area contributed by atoms with Crippen LogP contribution in [0.25, 0.3) is 32.7 Å². The number of nitrogens with one attached hydrogen (secondary N) is 2. The zero-order valence-electron chi connectivity index (χ0n) is 30.8. The molecule has 0 saturated heterocycles. The molecule has 0 amide bonds. The van der Waals surface area contributed by atoms with Gasteiger partial charge in [-0.2, -0.15) is 0 Å². The SMILES string of the molecule is Oc1ccc2cc(CN[C@@H](c3ccccc3)[C@H](O)c3ccccc3)ccc2c1-c1c(O)ccc2cc(CN[C@@H](c3ccccc3)[C@H](O)c3ccccc3)ccc12. The molecule has 278 valence electrons. The smallest absolute Gasteiger partial charge is 0.124 e. The van der Waals surface area contributed by atoms with Crippen LogP contribution in [0.15, 0.2) is 182 Å². The molecule has 8 aromatic carbocycles. The Balaban J connectivity index is 1.07. The molecule has 0 aliphatic rings. The van der Waals surface area contributed by atoms with Gasteiger partial charge < -0.3 is 31.1 Å². The highest BCUT2D eigenvalue weighted by molar-refractivity contribution is 6.09. The molecule has 0 bridgehead atoms. The minimum atomic E-state index is -0.751. The number of aromatic hydroxyl groups is 2. The van der Waals surface area contributed by atoms with Crippen molar-refractivity contribution in [2.45, 2.75) is 37.4 Å². The summed E-state index contributed by atoms with van der Waals surface area (Å²) in [5.41, 5.74) is 6.81. The number of rotatable bonds is 13. The Kier molecular flexibility index (Phi) is 10.9. The lowest BCUT2D eigenvalue weighted by Gasteiger charge is -2.25. The fourth-order valence-corrected chi connectivity index (χ4v) is 7.77. The van der Waals surface area contributed by atoms with Crippen LogP contribution in [0.4, 0.5) is 0 Å². The summed E-state index contributed by atoms with van der Waals surface area (Å²) in [6, 6.07) is 58.0. The van der Waals surface area contributed by atoms with Crippen molar-refractivity contribution < 1.29 is 20.4 Å². The molecule has 0 saturated carbocycles. The largest absolute Gasteiger partial charge is 0.507 e. The van der Waals surface area contributed by atoms with E-state index in [1.165, 1.54) is 0 Å². The molecule has 0 fully saturated rings. The Morgan fingerprint density at radius 3 is 1.07 bits per heavy atom. The van der Waals surface area contributed by atoms with E-state index in [9.17, 15) is 20.4 Å². The fraction of sp³-hybridized carbons (Fsp3) is 0.120. The lowest BCUT2D eigenvalue weighted by atomic mass is 9.91. The van der Waals surface area contributed by atoms with Crippen molar-refractivity contribution in [1.82, 2.24) is 10.6 Å². The molecule has 0 heterocycles. The Labute approximate surface area is 327 Å². The van der Waals surface area contributed by atoms with Crippen molar-refractivity contribution in [2.75, 3.05) is 0 Å². The molecule has 0 aliphatic carbocycles.